The maximum atomic E-state index is 14.3. The summed E-state index contributed by atoms with van der Waals surface area (Å²) in [5.74, 6) is -3.90. The summed E-state index contributed by atoms with van der Waals surface area (Å²) in [7, 11) is 1.16. The average Bonchev–Trinajstić information content (AvgIpc) is 3.03. The Morgan fingerprint density at radius 3 is 2.62 bits per heavy atom. The molecule has 5 rings (SSSR count). The first-order valence-electron chi connectivity index (χ1n) is 10.5. The zero-order valence-electron chi connectivity index (χ0n) is 18.4. The van der Waals surface area contributed by atoms with Gasteiger partial charge < -0.3 is 20.1 Å². The number of allylic oxidation sites excluding steroid dienone is 1. The number of esters is 1. The summed E-state index contributed by atoms with van der Waals surface area (Å²) in [4.78, 5) is 46.2. The predicted molar refractivity (Wildman–Crippen MR) is 120 cm³/mol. The average molecular weight is 461 g/mol. The molecule has 0 saturated heterocycles. The number of halogens is 1. The molecule has 3 heterocycles. The van der Waals surface area contributed by atoms with Crippen molar-refractivity contribution in [3.05, 3.63) is 88.8 Å². The fourth-order valence-electron chi connectivity index (χ4n) is 4.98. The van der Waals surface area contributed by atoms with Crippen LogP contribution in [0.25, 0.3) is 0 Å². The van der Waals surface area contributed by atoms with E-state index < -0.39 is 34.9 Å². The summed E-state index contributed by atoms with van der Waals surface area (Å²) in [6, 6.07) is 12.6. The van der Waals surface area contributed by atoms with Gasteiger partial charge in [0.25, 0.3) is 5.91 Å². The van der Waals surface area contributed by atoms with Crippen LogP contribution in [-0.2, 0) is 35.8 Å². The molecular formula is C25H20FN3O5. The van der Waals surface area contributed by atoms with Gasteiger partial charge in [0, 0.05) is 11.4 Å². The molecule has 2 N–H and O–H groups in total. The van der Waals surface area contributed by atoms with Crippen molar-refractivity contribution in [2.75, 3.05) is 12.0 Å². The first kappa shape index (κ1) is 21.6. The van der Waals surface area contributed by atoms with Crippen LogP contribution in [0.5, 0.6) is 0 Å². The van der Waals surface area contributed by atoms with Gasteiger partial charge >= 0.3 is 5.97 Å². The molecular weight excluding hydrogens is 441 g/mol. The Labute approximate surface area is 194 Å². The molecule has 2 amide bonds. The largest absolute Gasteiger partial charge is 0.465 e. The number of nitrogens with zero attached hydrogens (tertiary/aromatic N) is 2. The summed E-state index contributed by atoms with van der Waals surface area (Å²) in [6.07, 6.45) is 1.53. The molecule has 172 valence electrons. The zero-order valence-corrected chi connectivity index (χ0v) is 18.4. The van der Waals surface area contributed by atoms with Gasteiger partial charge in [0.2, 0.25) is 11.8 Å². The van der Waals surface area contributed by atoms with Crippen molar-refractivity contribution >= 4 is 29.2 Å². The molecule has 0 saturated carbocycles. The second-order valence-corrected chi connectivity index (χ2v) is 8.25. The number of benzene rings is 2. The fourth-order valence-corrected chi connectivity index (χ4v) is 4.98. The van der Waals surface area contributed by atoms with Crippen molar-refractivity contribution in [1.29, 1.82) is 0 Å². The lowest BCUT2D eigenvalue weighted by atomic mass is 9.63. The lowest BCUT2D eigenvalue weighted by molar-refractivity contribution is -0.142. The third-order valence-electron chi connectivity index (χ3n) is 6.32. The van der Waals surface area contributed by atoms with E-state index >= 15 is 0 Å². The Hall–Kier alpha value is -4.27. The Morgan fingerprint density at radius 1 is 1.21 bits per heavy atom. The van der Waals surface area contributed by atoms with Gasteiger partial charge in [0.05, 0.1) is 13.7 Å². The summed E-state index contributed by atoms with van der Waals surface area (Å²) >= 11 is 0. The number of hydrogen-bond acceptors (Lipinski definition) is 6. The minimum absolute atomic E-state index is 0.0787. The molecule has 0 bridgehead atoms. The molecule has 3 aliphatic rings. The number of rotatable bonds is 3. The summed E-state index contributed by atoms with van der Waals surface area (Å²) in [5, 5.41) is 0. The second-order valence-electron chi connectivity index (χ2n) is 8.25. The van der Waals surface area contributed by atoms with Gasteiger partial charge in [-0.15, -0.1) is 0 Å². The van der Waals surface area contributed by atoms with Crippen molar-refractivity contribution in [1.82, 2.24) is 0 Å². The van der Waals surface area contributed by atoms with Crippen molar-refractivity contribution in [3.8, 4) is 0 Å². The quantitative estimate of drug-likeness (QED) is 0.703. The van der Waals surface area contributed by atoms with Crippen LogP contribution >= 0.6 is 0 Å². The normalized spacial score (nSPS) is 23.3. The molecule has 34 heavy (non-hydrogen) atoms. The highest BCUT2D eigenvalue weighted by Crippen LogP contribution is 2.57. The van der Waals surface area contributed by atoms with Crippen LogP contribution in [0.4, 0.5) is 10.1 Å². The number of methoxy groups -OCH3 is 1. The van der Waals surface area contributed by atoms with Crippen LogP contribution in [0.1, 0.15) is 18.1 Å². The van der Waals surface area contributed by atoms with Crippen molar-refractivity contribution < 1.29 is 28.2 Å². The highest BCUT2D eigenvalue weighted by molar-refractivity contribution is 6.20. The molecule has 9 heteroatoms. The molecule has 8 nitrogen and oxygen atoms in total. The summed E-state index contributed by atoms with van der Waals surface area (Å²) in [5.41, 5.74) is 6.06. The number of para-hydroxylation sites is 1. The van der Waals surface area contributed by atoms with Crippen LogP contribution in [0.2, 0.25) is 0 Å². The van der Waals surface area contributed by atoms with Crippen LogP contribution in [0.15, 0.2) is 76.8 Å². The van der Waals surface area contributed by atoms with E-state index in [0.717, 1.165) is 7.11 Å². The van der Waals surface area contributed by atoms with Crippen LogP contribution < -0.4 is 10.6 Å². The van der Waals surface area contributed by atoms with Gasteiger partial charge in [-0.25, -0.2) is 14.2 Å². The smallest absolute Gasteiger partial charge is 0.340 e. The molecule has 0 aliphatic carbocycles. The van der Waals surface area contributed by atoms with Gasteiger partial charge in [0.15, 0.2) is 0 Å². The van der Waals surface area contributed by atoms with Gasteiger partial charge in [-0.3, -0.25) is 9.59 Å². The molecule has 3 aliphatic heterocycles. The number of nitrogens with two attached hydrogens (primary N) is 1. The number of dihydropyridines is 1. The fraction of sp³-hybridized carbons (Fsp3) is 0.200. The van der Waals surface area contributed by atoms with E-state index in [2.05, 4.69) is 4.99 Å². The van der Waals surface area contributed by atoms with Gasteiger partial charge in [0.1, 0.15) is 28.5 Å². The van der Waals surface area contributed by atoms with Crippen LogP contribution in [0.3, 0.4) is 0 Å². The molecule has 2 unspecified atom stereocenters. The van der Waals surface area contributed by atoms with Gasteiger partial charge in [-0.2, -0.15) is 0 Å². The maximum Gasteiger partial charge on any atom is 0.340 e. The van der Waals surface area contributed by atoms with Gasteiger partial charge in [-0.05, 0) is 42.3 Å². The Bertz CT molecular complexity index is 1340. The standard InChI is InChI=1S/C25H20FN3O5/c1-13-11-18-19(22(30)28-13)25(20(21(27)34-18)23(31)33-2)16-5-3-4-6-17(16)29(24(25)32)12-14-7-9-15(26)10-8-14/h3-11,19H,12,27H2,1-2H3. The first-order valence-corrected chi connectivity index (χ1v) is 10.5. The molecule has 0 fully saturated rings. The summed E-state index contributed by atoms with van der Waals surface area (Å²) in [6.45, 7) is 1.70. The van der Waals surface area contributed by atoms with E-state index in [0.29, 0.717) is 22.5 Å². The number of carbonyl (C=O) groups is 3. The van der Waals surface area contributed by atoms with Crippen molar-refractivity contribution in [2.24, 2.45) is 16.6 Å². The van der Waals surface area contributed by atoms with Crippen molar-refractivity contribution in [3.63, 3.8) is 0 Å². The number of fused-ring (bicyclic) bond motifs is 4. The SMILES string of the molecule is COC(=O)C1=C(N)OC2=CC(C)=NC(=O)C2C12C(=O)N(Cc1ccc(F)cc1)c1ccccc12. The highest BCUT2D eigenvalue weighted by Gasteiger charge is 2.66. The Balaban J connectivity index is 1.78. The summed E-state index contributed by atoms with van der Waals surface area (Å²) < 4.78 is 24.1. The molecule has 1 spiro atoms. The number of carbonyl (C=O) groups excluding carboxylic acids is 3. The maximum absolute atomic E-state index is 14.3. The number of aliphatic imine (C=N–C) groups is 1. The molecule has 2 aromatic rings. The van der Waals surface area contributed by atoms with Crippen LogP contribution in [0, 0.1) is 11.7 Å². The van der Waals surface area contributed by atoms with Crippen molar-refractivity contribution in [2.45, 2.75) is 18.9 Å². The minimum Gasteiger partial charge on any atom is -0.465 e. The lowest BCUT2D eigenvalue weighted by Gasteiger charge is -2.41. The van der Waals surface area contributed by atoms with E-state index in [-0.39, 0.29) is 23.8 Å². The van der Waals surface area contributed by atoms with E-state index in [1.165, 1.54) is 23.1 Å². The van der Waals surface area contributed by atoms with E-state index in [9.17, 15) is 18.8 Å². The Morgan fingerprint density at radius 2 is 1.91 bits per heavy atom. The highest BCUT2D eigenvalue weighted by atomic mass is 19.1. The molecule has 0 aromatic heterocycles. The number of ether oxygens (including phenoxy) is 2. The van der Waals surface area contributed by atoms with Gasteiger partial charge in [-0.1, -0.05) is 30.3 Å². The molecule has 2 aromatic carbocycles. The van der Waals surface area contributed by atoms with E-state index in [4.69, 9.17) is 15.2 Å². The first-order chi connectivity index (χ1) is 16.3. The topological polar surface area (TPSA) is 111 Å². The predicted octanol–water partition coefficient (Wildman–Crippen LogP) is 2.49. The lowest BCUT2D eigenvalue weighted by Crippen LogP contribution is -2.55. The van der Waals surface area contributed by atoms with Crippen LogP contribution in [-0.4, -0.2) is 30.6 Å². The second kappa shape index (κ2) is 7.65. The third-order valence-corrected chi connectivity index (χ3v) is 6.32. The van der Waals surface area contributed by atoms with E-state index in [1.807, 2.05) is 0 Å². The molecule has 0 radical (unpaired) electrons. The van der Waals surface area contributed by atoms with E-state index in [1.54, 1.807) is 43.3 Å². The zero-order chi connectivity index (χ0) is 24.2. The number of amides is 2. The Kier molecular flexibility index (Phi) is 4.85. The number of hydrogen-bond donors (Lipinski definition) is 1. The minimum atomic E-state index is -1.83. The third kappa shape index (κ3) is 2.89. The molecule has 2 atom stereocenters. The number of anilines is 1. The monoisotopic (exact) mass is 461 g/mol.